The normalized spacial score (nSPS) is 18.5. The van der Waals surface area contributed by atoms with Crippen molar-refractivity contribution in [3.05, 3.63) is 18.0 Å². The van der Waals surface area contributed by atoms with Gasteiger partial charge in [0.2, 0.25) is 0 Å². The van der Waals surface area contributed by atoms with Crippen LogP contribution in [0.4, 0.5) is 0 Å². The van der Waals surface area contributed by atoms with Crippen LogP contribution in [0.3, 0.4) is 0 Å². The van der Waals surface area contributed by atoms with Crippen molar-refractivity contribution in [2.45, 2.75) is 33.2 Å². The Morgan fingerprint density at radius 2 is 2.22 bits per heavy atom. The Labute approximate surface area is 113 Å². The highest BCUT2D eigenvalue weighted by Crippen LogP contribution is 2.34. The fourth-order valence-electron chi connectivity index (χ4n) is 2.06. The molecule has 18 heavy (non-hydrogen) atoms. The van der Waals surface area contributed by atoms with Crippen molar-refractivity contribution in [3.8, 4) is 0 Å². The fourth-order valence-corrected chi connectivity index (χ4v) is 3.33. The number of rotatable bonds is 4. The summed E-state index contributed by atoms with van der Waals surface area (Å²) in [7, 11) is 1.94. The van der Waals surface area contributed by atoms with Crippen LogP contribution in [0.5, 0.6) is 0 Å². The summed E-state index contributed by atoms with van der Waals surface area (Å²) in [6.07, 6.45) is 4.40. The number of amidine groups is 1. The molecule has 1 N–H and O–H groups in total. The van der Waals surface area contributed by atoms with E-state index in [9.17, 15) is 0 Å². The summed E-state index contributed by atoms with van der Waals surface area (Å²) in [5, 5.41) is 8.79. The van der Waals surface area contributed by atoms with Gasteiger partial charge in [-0.1, -0.05) is 25.6 Å². The molecule has 2 heterocycles. The van der Waals surface area contributed by atoms with E-state index in [-0.39, 0.29) is 0 Å². The van der Waals surface area contributed by atoms with Crippen LogP contribution in [-0.4, -0.2) is 27.2 Å². The standard InChI is InChI=1S/C13H22N4S/c1-4-13(5-2)9-15-12(18-10-13)14-8-11-6-7-17(3)16-11/h6-7H,4-5,8-10H2,1-3H3,(H,14,15). The largest absolute Gasteiger partial charge is 0.359 e. The number of thioether (sulfide) groups is 1. The number of nitrogens with one attached hydrogen (secondary N) is 1. The molecular weight excluding hydrogens is 244 g/mol. The van der Waals surface area contributed by atoms with Crippen molar-refractivity contribution >= 4 is 16.9 Å². The van der Waals surface area contributed by atoms with Crippen molar-refractivity contribution in [3.63, 3.8) is 0 Å². The Morgan fingerprint density at radius 3 is 2.72 bits per heavy atom. The summed E-state index contributed by atoms with van der Waals surface area (Å²) in [4.78, 5) is 4.68. The maximum Gasteiger partial charge on any atom is 0.156 e. The van der Waals surface area contributed by atoms with E-state index in [4.69, 9.17) is 0 Å². The molecule has 1 aliphatic heterocycles. The zero-order valence-electron chi connectivity index (χ0n) is 11.4. The van der Waals surface area contributed by atoms with Gasteiger partial charge in [0.15, 0.2) is 5.17 Å². The van der Waals surface area contributed by atoms with Gasteiger partial charge in [-0.2, -0.15) is 5.10 Å². The van der Waals surface area contributed by atoms with Gasteiger partial charge in [0.1, 0.15) is 0 Å². The molecule has 0 fully saturated rings. The first-order valence-electron chi connectivity index (χ1n) is 6.57. The minimum Gasteiger partial charge on any atom is -0.359 e. The molecule has 1 aromatic rings. The molecule has 0 unspecified atom stereocenters. The van der Waals surface area contributed by atoms with Gasteiger partial charge in [0.25, 0.3) is 0 Å². The lowest BCUT2D eigenvalue weighted by atomic mass is 9.84. The second-order valence-corrected chi connectivity index (χ2v) is 5.92. The Kier molecular flexibility index (Phi) is 4.32. The molecule has 0 aromatic carbocycles. The molecule has 0 bridgehead atoms. The van der Waals surface area contributed by atoms with E-state index in [0.717, 1.165) is 24.0 Å². The number of aromatic nitrogens is 2. The highest BCUT2D eigenvalue weighted by atomic mass is 32.2. The van der Waals surface area contributed by atoms with Crippen molar-refractivity contribution < 1.29 is 0 Å². The SMILES string of the molecule is CCC1(CC)CN=C(NCc2ccn(C)n2)SC1. The number of hydrogen-bond acceptors (Lipinski definition) is 4. The van der Waals surface area contributed by atoms with Crippen molar-refractivity contribution in [1.29, 1.82) is 0 Å². The van der Waals surface area contributed by atoms with Crippen LogP contribution in [-0.2, 0) is 13.6 Å². The van der Waals surface area contributed by atoms with Crippen molar-refractivity contribution in [2.24, 2.45) is 17.5 Å². The van der Waals surface area contributed by atoms with Crippen molar-refractivity contribution in [2.75, 3.05) is 12.3 Å². The zero-order valence-corrected chi connectivity index (χ0v) is 12.3. The average Bonchev–Trinajstić information content (AvgIpc) is 2.83. The van der Waals surface area contributed by atoms with Crippen LogP contribution in [0.25, 0.3) is 0 Å². The molecule has 2 rings (SSSR count). The van der Waals surface area contributed by atoms with E-state index in [1.807, 2.05) is 35.8 Å². The minimum atomic E-state index is 0.418. The number of hydrogen-bond donors (Lipinski definition) is 1. The van der Waals surface area contributed by atoms with E-state index in [0.29, 0.717) is 5.41 Å². The highest BCUT2D eigenvalue weighted by Gasteiger charge is 2.29. The third-order valence-electron chi connectivity index (χ3n) is 3.76. The lowest BCUT2D eigenvalue weighted by Crippen LogP contribution is -2.34. The minimum absolute atomic E-state index is 0.418. The highest BCUT2D eigenvalue weighted by molar-refractivity contribution is 8.13. The van der Waals surface area contributed by atoms with Gasteiger partial charge < -0.3 is 5.32 Å². The van der Waals surface area contributed by atoms with Gasteiger partial charge in [0, 0.05) is 25.5 Å². The monoisotopic (exact) mass is 266 g/mol. The molecule has 0 radical (unpaired) electrons. The average molecular weight is 266 g/mol. The van der Waals surface area contributed by atoms with E-state index in [2.05, 4.69) is 29.3 Å². The van der Waals surface area contributed by atoms with Gasteiger partial charge in [-0.05, 0) is 24.3 Å². The van der Waals surface area contributed by atoms with Gasteiger partial charge >= 0.3 is 0 Å². The molecule has 0 amide bonds. The lowest BCUT2D eigenvalue weighted by molar-refractivity contribution is 0.318. The Bertz CT molecular complexity index is 420. The molecule has 1 aliphatic rings. The summed E-state index contributed by atoms with van der Waals surface area (Å²) in [6, 6.07) is 2.03. The van der Waals surface area contributed by atoms with Gasteiger partial charge in [-0.15, -0.1) is 0 Å². The zero-order chi connectivity index (χ0) is 13.0. The molecule has 5 heteroatoms. The molecule has 0 saturated carbocycles. The second kappa shape index (κ2) is 5.78. The van der Waals surface area contributed by atoms with Crippen LogP contribution >= 0.6 is 11.8 Å². The first kappa shape index (κ1) is 13.5. The molecule has 100 valence electrons. The Hall–Kier alpha value is -0.970. The topological polar surface area (TPSA) is 42.2 Å². The molecule has 0 saturated heterocycles. The van der Waals surface area contributed by atoms with Crippen LogP contribution in [0, 0.1) is 5.41 Å². The molecule has 0 atom stereocenters. The maximum absolute atomic E-state index is 4.68. The molecule has 0 spiro atoms. The predicted molar refractivity (Wildman–Crippen MR) is 77.8 cm³/mol. The van der Waals surface area contributed by atoms with E-state index in [1.54, 1.807) is 0 Å². The Morgan fingerprint density at radius 1 is 1.44 bits per heavy atom. The van der Waals surface area contributed by atoms with Gasteiger partial charge in [0.05, 0.1) is 12.2 Å². The lowest BCUT2D eigenvalue weighted by Gasteiger charge is -2.33. The molecule has 1 aromatic heterocycles. The quantitative estimate of drug-likeness (QED) is 0.910. The molecule has 0 aliphatic carbocycles. The van der Waals surface area contributed by atoms with Gasteiger partial charge in [-0.25, -0.2) is 0 Å². The van der Waals surface area contributed by atoms with Crippen LogP contribution in [0.2, 0.25) is 0 Å². The van der Waals surface area contributed by atoms with Crippen LogP contribution in [0.1, 0.15) is 32.4 Å². The maximum atomic E-state index is 4.68. The van der Waals surface area contributed by atoms with Gasteiger partial charge in [-0.3, -0.25) is 9.67 Å². The predicted octanol–water partition coefficient (Wildman–Crippen LogP) is 2.42. The third kappa shape index (κ3) is 3.07. The van der Waals surface area contributed by atoms with Crippen molar-refractivity contribution in [1.82, 2.24) is 15.1 Å². The fraction of sp³-hybridized carbons (Fsp3) is 0.692. The summed E-state index contributed by atoms with van der Waals surface area (Å²) < 4.78 is 1.83. The first-order chi connectivity index (χ1) is 8.67. The van der Waals surface area contributed by atoms with Crippen LogP contribution in [0.15, 0.2) is 17.3 Å². The van der Waals surface area contributed by atoms with E-state index >= 15 is 0 Å². The van der Waals surface area contributed by atoms with E-state index < -0.39 is 0 Å². The first-order valence-corrected chi connectivity index (χ1v) is 7.55. The smallest absolute Gasteiger partial charge is 0.156 e. The summed E-state index contributed by atoms with van der Waals surface area (Å²) in [5.41, 5.74) is 1.48. The van der Waals surface area contributed by atoms with Crippen LogP contribution < -0.4 is 5.32 Å². The molecule has 4 nitrogen and oxygen atoms in total. The molecular formula is C13H22N4S. The summed E-state index contributed by atoms with van der Waals surface area (Å²) >= 11 is 1.85. The Balaban J connectivity index is 1.87. The third-order valence-corrected chi connectivity index (χ3v) is 5.07. The second-order valence-electron chi connectivity index (χ2n) is 4.95. The number of aliphatic imine (C=N–C) groups is 1. The number of aryl methyl sites for hydroxylation is 1. The number of nitrogens with zero attached hydrogens (tertiary/aromatic N) is 3. The van der Waals surface area contributed by atoms with E-state index in [1.165, 1.54) is 18.6 Å². The summed E-state index contributed by atoms with van der Waals surface area (Å²) in [5.74, 6) is 1.17. The summed E-state index contributed by atoms with van der Waals surface area (Å²) in [6.45, 7) is 6.26.